The molecule has 2 aromatic rings. The minimum absolute atomic E-state index is 0.0235. The van der Waals surface area contributed by atoms with Crippen LogP contribution in [-0.2, 0) is 6.42 Å². The van der Waals surface area contributed by atoms with E-state index < -0.39 is 0 Å². The van der Waals surface area contributed by atoms with Crippen LogP contribution >= 0.6 is 0 Å². The van der Waals surface area contributed by atoms with Crippen molar-refractivity contribution in [3.05, 3.63) is 65.0 Å². The quantitative estimate of drug-likeness (QED) is 0.820. The number of halogens is 1. The SMILES string of the molecule is C[C@H]1c2cc(F)ccc2CCN1C(=O)c1ccc(N2CCCC2)cc1. The van der Waals surface area contributed by atoms with E-state index in [0.717, 1.165) is 30.6 Å². The first-order valence-electron chi connectivity index (χ1n) is 9.08. The van der Waals surface area contributed by atoms with Crippen LogP contribution in [0.25, 0.3) is 0 Å². The average molecular weight is 338 g/mol. The molecule has 0 aromatic heterocycles. The van der Waals surface area contributed by atoms with Crippen LogP contribution < -0.4 is 4.90 Å². The predicted molar refractivity (Wildman–Crippen MR) is 97.4 cm³/mol. The van der Waals surface area contributed by atoms with Crippen molar-refractivity contribution in [1.29, 1.82) is 0 Å². The molecule has 2 aliphatic heterocycles. The summed E-state index contributed by atoms with van der Waals surface area (Å²) >= 11 is 0. The van der Waals surface area contributed by atoms with Crippen molar-refractivity contribution in [2.45, 2.75) is 32.2 Å². The van der Waals surface area contributed by atoms with E-state index in [1.54, 1.807) is 6.07 Å². The highest BCUT2D eigenvalue weighted by molar-refractivity contribution is 5.95. The summed E-state index contributed by atoms with van der Waals surface area (Å²) in [7, 11) is 0. The number of carbonyl (C=O) groups is 1. The molecule has 0 aliphatic carbocycles. The van der Waals surface area contributed by atoms with Gasteiger partial charge in [0.15, 0.2) is 0 Å². The Bertz CT molecular complexity index is 781. The monoisotopic (exact) mass is 338 g/mol. The maximum atomic E-state index is 13.6. The molecule has 1 fully saturated rings. The summed E-state index contributed by atoms with van der Waals surface area (Å²) in [6, 6.07) is 12.7. The van der Waals surface area contributed by atoms with Crippen LogP contribution in [0.4, 0.5) is 10.1 Å². The second kappa shape index (κ2) is 6.51. The highest BCUT2D eigenvalue weighted by atomic mass is 19.1. The van der Waals surface area contributed by atoms with Crippen LogP contribution in [-0.4, -0.2) is 30.4 Å². The van der Waals surface area contributed by atoms with Gasteiger partial charge in [0.05, 0.1) is 6.04 Å². The second-order valence-electron chi connectivity index (χ2n) is 7.01. The number of amides is 1. The molecule has 3 nitrogen and oxygen atoms in total. The molecular formula is C21H23FN2O. The largest absolute Gasteiger partial charge is 0.372 e. The lowest BCUT2D eigenvalue weighted by Gasteiger charge is -2.35. The van der Waals surface area contributed by atoms with E-state index in [-0.39, 0.29) is 17.8 Å². The fraction of sp³-hybridized carbons (Fsp3) is 0.381. The van der Waals surface area contributed by atoms with E-state index in [0.29, 0.717) is 12.1 Å². The summed E-state index contributed by atoms with van der Waals surface area (Å²) < 4.78 is 13.6. The summed E-state index contributed by atoms with van der Waals surface area (Å²) in [6.45, 7) is 4.85. The van der Waals surface area contributed by atoms with E-state index >= 15 is 0 Å². The number of hydrogen-bond acceptors (Lipinski definition) is 2. The van der Waals surface area contributed by atoms with E-state index in [1.165, 1.54) is 24.6 Å². The van der Waals surface area contributed by atoms with Crippen molar-refractivity contribution in [2.24, 2.45) is 0 Å². The van der Waals surface area contributed by atoms with Crippen molar-refractivity contribution >= 4 is 11.6 Å². The van der Waals surface area contributed by atoms with E-state index in [1.807, 2.05) is 42.2 Å². The Morgan fingerprint density at radius 2 is 1.76 bits per heavy atom. The molecule has 0 unspecified atom stereocenters. The minimum Gasteiger partial charge on any atom is -0.372 e. The van der Waals surface area contributed by atoms with Gasteiger partial charge in [0.1, 0.15) is 5.82 Å². The number of anilines is 1. The molecule has 25 heavy (non-hydrogen) atoms. The van der Waals surface area contributed by atoms with Crippen LogP contribution in [0.15, 0.2) is 42.5 Å². The second-order valence-corrected chi connectivity index (χ2v) is 7.01. The Kier molecular flexibility index (Phi) is 4.20. The zero-order valence-corrected chi connectivity index (χ0v) is 14.5. The fourth-order valence-electron chi connectivity index (χ4n) is 4.02. The average Bonchev–Trinajstić information content (AvgIpc) is 3.17. The molecule has 4 heteroatoms. The van der Waals surface area contributed by atoms with Crippen LogP contribution in [0, 0.1) is 5.82 Å². The zero-order chi connectivity index (χ0) is 17.4. The first kappa shape index (κ1) is 16.1. The lowest BCUT2D eigenvalue weighted by atomic mass is 9.93. The van der Waals surface area contributed by atoms with Gasteiger partial charge in [0.2, 0.25) is 0 Å². The first-order valence-corrected chi connectivity index (χ1v) is 9.08. The predicted octanol–water partition coefficient (Wildman–Crippen LogP) is 4.19. The third-order valence-electron chi connectivity index (χ3n) is 5.49. The van der Waals surface area contributed by atoms with Crippen LogP contribution in [0.3, 0.4) is 0 Å². The molecule has 0 spiro atoms. The summed E-state index contributed by atoms with van der Waals surface area (Å²) in [5.74, 6) is -0.217. The lowest BCUT2D eigenvalue weighted by Crippen LogP contribution is -2.38. The number of rotatable bonds is 2. The van der Waals surface area contributed by atoms with Gasteiger partial charge in [-0.3, -0.25) is 4.79 Å². The van der Waals surface area contributed by atoms with Gasteiger partial charge in [-0.15, -0.1) is 0 Å². The molecule has 0 radical (unpaired) electrons. The van der Waals surface area contributed by atoms with Crippen LogP contribution in [0.2, 0.25) is 0 Å². The van der Waals surface area contributed by atoms with Gasteiger partial charge in [0, 0.05) is 30.9 Å². The molecule has 2 aromatic carbocycles. The standard InChI is InChI=1S/C21H23FN2O/c1-15-20-14-18(22)7-4-16(20)10-13-24(15)21(25)17-5-8-19(9-6-17)23-11-2-3-12-23/h4-9,14-15H,2-3,10-13H2,1H3/t15-/m0/s1. The highest BCUT2D eigenvalue weighted by Gasteiger charge is 2.28. The fourth-order valence-corrected chi connectivity index (χ4v) is 4.02. The normalized spacial score (nSPS) is 19.8. The summed E-state index contributed by atoms with van der Waals surface area (Å²) in [5, 5.41) is 0. The molecule has 4 rings (SSSR count). The molecule has 0 saturated carbocycles. The smallest absolute Gasteiger partial charge is 0.254 e. The summed E-state index contributed by atoms with van der Waals surface area (Å²) in [4.78, 5) is 17.2. The van der Waals surface area contributed by atoms with E-state index in [9.17, 15) is 9.18 Å². The van der Waals surface area contributed by atoms with Crippen LogP contribution in [0.1, 0.15) is 47.3 Å². The molecule has 1 amide bonds. The first-order chi connectivity index (χ1) is 12.1. The minimum atomic E-state index is -0.241. The van der Waals surface area contributed by atoms with Crippen molar-refractivity contribution < 1.29 is 9.18 Å². The molecule has 2 aliphatic rings. The number of fused-ring (bicyclic) bond motifs is 1. The summed E-state index contributed by atoms with van der Waals surface area (Å²) in [6.07, 6.45) is 3.25. The molecular weight excluding hydrogens is 315 g/mol. The van der Waals surface area contributed by atoms with Gasteiger partial charge in [-0.1, -0.05) is 6.07 Å². The topological polar surface area (TPSA) is 23.6 Å². The maximum Gasteiger partial charge on any atom is 0.254 e. The van der Waals surface area contributed by atoms with Gasteiger partial charge in [-0.05, 0) is 73.7 Å². The van der Waals surface area contributed by atoms with Gasteiger partial charge < -0.3 is 9.80 Å². The third kappa shape index (κ3) is 3.01. The van der Waals surface area contributed by atoms with Gasteiger partial charge >= 0.3 is 0 Å². The van der Waals surface area contributed by atoms with Crippen molar-refractivity contribution in [3.63, 3.8) is 0 Å². The molecule has 130 valence electrons. The molecule has 0 bridgehead atoms. The Morgan fingerprint density at radius 3 is 2.48 bits per heavy atom. The highest BCUT2D eigenvalue weighted by Crippen LogP contribution is 2.31. The number of hydrogen-bond donors (Lipinski definition) is 0. The Balaban J connectivity index is 1.54. The van der Waals surface area contributed by atoms with E-state index in [2.05, 4.69) is 4.90 Å². The van der Waals surface area contributed by atoms with Crippen LogP contribution in [0.5, 0.6) is 0 Å². The Morgan fingerprint density at radius 1 is 1.04 bits per heavy atom. The summed E-state index contributed by atoms with van der Waals surface area (Å²) in [5.41, 5.74) is 3.96. The van der Waals surface area contributed by atoms with Crippen molar-refractivity contribution in [1.82, 2.24) is 4.90 Å². The Labute approximate surface area is 148 Å². The molecule has 1 saturated heterocycles. The number of nitrogens with zero attached hydrogens (tertiary/aromatic N) is 2. The van der Waals surface area contributed by atoms with Gasteiger partial charge in [-0.25, -0.2) is 4.39 Å². The number of carbonyl (C=O) groups excluding carboxylic acids is 1. The van der Waals surface area contributed by atoms with Gasteiger partial charge in [-0.2, -0.15) is 0 Å². The third-order valence-corrected chi connectivity index (χ3v) is 5.49. The maximum absolute atomic E-state index is 13.6. The van der Waals surface area contributed by atoms with Gasteiger partial charge in [0.25, 0.3) is 5.91 Å². The lowest BCUT2D eigenvalue weighted by molar-refractivity contribution is 0.0677. The number of benzene rings is 2. The van der Waals surface area contributed by atoms with Crippen molar-refractivity contribution in [3.8, 4) is 0 Å². The zero-order valence-electron chi connectivity index (χ0n) is 14.5. The van der Waals surface area contributed by atoms with Crippen molar-refractivity contribution in [2.75, 3.05) is 24.5 Å². The van der Waals surface area contributed by atoms with E-state index in [4.69, 9.17) is 0 Å². The molecule has 0 N–H and O–H groups in total. The Hall–Kier alpha value is -2.36. The molecule has 2 heterocycles. The molecule has 1 atom stereocenters.